The van der Waals surface area contributed by atoms with E-state index in [2.05, 4.69) is 0 Å². The maximum Gasteiger partial charge on any atom is 1.00 e. The fraction of sp³-hybridized carbons (Fsp3) is 0.500. The van der Waals surface area contributed by atoms with E-state index in [9.17, 15) is 12.9 Å². The molecule has 7 heteroatoms. The van der Waals surface area contributed by atoms with Crippen LogP contribution in [0.5, 0.6) is 5.75 Å². The van der Waals surface area contributed by atoms with Gasteiger partial charge >= 0.3 is 58.4 Å². The standard InChI is InChI=1S/C12H17BF3O2.K/c1-12(2,3)18-9-8-17-11-6-4-10(5-7-11)13(14,15)16;/h4-7H,8-9H2,1-3H3;/q-1;+1. The molecular formula is C12H17BF3KO2. The van der Waals surface area contributed by atoms with E-state index in [1.807, 2.05) is 20.8 Å². The third-order valence-electron chi connectivity index (χ3n) is 2.15. The molecule has 0 spiro atoms. The van der Waals surface area contributed by atoms with E-state index < -0.39 is 12.4 Å². The largest absolute Gasteiger partial charge is 1.00 e. The van der Waals surface area contributed by atoms with E-state index >= 15 is 0 Å². The maximum absolute atomic E-state index is 12.4. The van der Waals surface area contributed by atoms with Crippen LogP contribution in [-0.2, 0) is 4.74 Å². The molecule has 0 N–H and O–H groups in total. The predicted molar refractivity (Wildman–Crippen MR) is 66.4 cm³/mol. The molecule has 0 heterocycles. The first kappa shape index (κ1) is 19.5. The Labute approximate surface area is 154 Å². The number of halogens is 3. The minimum absolute atomic E-state index is 0. The summed E-state index contributed by atoms with van der Waals surface area (Å²) < 4.78 is 47.8. The molecular weight excluding hydrogens is 283 g/mol. The molecule has 1 aromatic rings. The summed E-state index contributed by atoms with van der Waals surface area (Å²) in [6.07, 6.45) is 0. The molecule has 0 unspecified atom stereocenters. The van der Waals surface area contributed by atoms with E-state index in [-0.39, 0.29) is 57.0 Å². The van der Waals surface area contributed by atoms with Gasteiger partial charge in [-0.1, -0.05) is 12.1 Å². The summed E-state index contributed by atoms with van der Waals surface area (Å²) in [5, 5.41) is 0. The molecule has 0 atom stereocenters. The van der Waals surface area contributed by atoms with Gasteiger partial charge in [0.1, 0.15) is 12.4 Å². The molecule has 0 aliphatic heterocycles. The Morgan fingerprint density at radius 2 is 1.53 bits per heavy atom. The number of hydrogen-bond donors (Lipinski definition) is 0. The second-order valence-electron chi connectivity index (χ2n) is 4.95. The van der Waals surface area contributed by atoms with E-state index in [1.165, 1.54) is 12.1 Å². The molecule has 0 aliphatic carbocycles. The molecule has 1 aromatic carbocycles. The quantitative estimate of drug-likeness (QED) is 0.560. The van der Waals surface area contributed by atoms with Crippen LogP contribution in [0.25, 0.3) is 0 Å². The third-order valence-corrected chi connectivity index (χ3v) is 2.15. The van der Waals surface area contributed by atoms with Crippen molar-refractivity contribution in [2.24, 2.45) is 0 Å². The average molecular weight is 300 g/mol. The maximum atomic E-state index is 12.4. The molecule has 0 aliphatic rings. The molecule has 0 aromatic heterocycles. The van der Waals surface area contributed by atoms with Crippen LogP contribution in [0.3, 0.4) is 0 Å². The Hall–Kier alpha value is 0.471. The van der Waals surface area contributed by atoms with Crippen molar-refractivity contribution in [1.29, 1.82) is 0 Å². The monoisotopic (exact) mass is 300 g/mol. The van der Waals surface area contributed by atoms with Crippen LogP contribution in [0.15, 0.2) is 24.3 Å². The van der Waals surface area contributed by atoms with Crippen molar-refractivity contribution in [2.75, 3.05) is 13.2 Å². The van der Waals surface area contributed by atoms with Crippen LogP contribution in [-0.4, -0.2) is 25.8 Å². The summed E-state index contributed by atoms with van der Waals surface area (Å²) in [6, 6.07) is 4.70. The fourth-order valence-corrected chi connectivity index (χ4v) is 1.29. The van der Waals surface area contributed by atoms with Crippen molar-refractivity contribution < 1.29 is 73.8 Å². The number of rotatable bonds is 5. The van der Waals surface area contributed by atoms with Gasteiger partial charge in [0.2, 0.25) is 0 Å². The van der Waals surface area contributed by atoms with E-state index in [4.69, 9.17) is 9.47 Å². The van der Waals surface area contributed by atoms with Crippen molar-refractivity contribution >= 4 is 12.4 Å². The molecule has 0 bridgehead atoms. The zero-order valence-electron chi connectivity index (χ0n) is 11.8. The topological polar surface area (TPSA) is 18.5 Å². The molecule has 0 radical (unpaired) electrons. The van der Waals surface area contributed by atoms with Gasteiger partial charge in [-0.15, -0.1) is 5.46 Å². The minimum Gasteiger partial charge on any atom is -0.491 e. The van der Waals surface area contributed by atoms with E-state index in [1.54, 1.807) is 0 Å². The fourth-order valence-electron chi connectivity index (χ4n) is 1.29. The van der Waals surface area contributed by atoms with E-state index in [0.717, 1.165) is 12.1 Å². The zero-order chi connectivity index (χ0) is 13.8. The number of hydrogen-bond acceptors (Lipinski definition) is 2. The van der Waals surface area contributed by atoms with Gasteiger partial charge in [-0.05, 0) is 32.9 Å². The SMILES string of the molecule is CC(C)(C)OCCOc1ccc([B-](F)(F)F)cc1.[K+]. The van der Waals surface area contributed by atoms with Gasteiger partial charge in [-0.2, -0.15) is 0 Å². The summed E-state index contributed by atoms with van der Waals surface area (Å²) in [7, 11) is 0. The number of ether oxygens (including phenoxy) is 2. The Kier molecular flexibility index (Phi) is 8.25. The summed E-state index contributed by atoms with van der Waals surface area (Å²) >= 11 is 0. The van der Waals surface area contributed by atoms with Gasteiger partial charge in [0.15, 0.2) is 0 Å². The smallest absolute Gasteiger partial charge is 0.491 e. The summed E-state index contributed by atoms with van der Waals surface area (Å²) in [4.78, 5) is 0. The molecule has 0 amide bonds. The van der Waals surface area contributed by atoms with Crippen molar-refractivity contribution in [3.05, 3.63) is 24.3 Å². The summed E-state index contributed by atoms with van der Waals surface area (Å²) in [6.45, 7) is 1.55. The van der Waals surface area contributed by atoms with Gasteiger partial charge in [-0.3, -0.25) is 0 Å². The Morgan fingerprint density at radius 1 is 1.00 bits per heavy atom. The average Bonchev–Trinajstić information content (AvgIpc) is 2.22. The zero-order valence-corrected chi connectivity index (χ0v) is 14.9. The van der Waals surface area contributed by atoms with Crippen LogP contribution in [0, 0.1) is 0 Å². The van der Waals surface area contributed by atoms with Crippen molar-refractivity contribution in [3.8, 4) is 5.75 Å². The second-order valence-corrected chi connectivity index (χ2v) is 4.95. The summed E-state index contributed by atoms with van der Waals surface area (Å²) in [5.41, 5.74) is -0.861. The number of benzene rings is 1. The van der Waals surface area contributed by atoms with E-state index in [0.29, 0.717) is 19.0 Å². The minimum atomic E-state index is -4.94. The van der Waals surface area contributed by atoms with Crippen molar-refractivity contribution in [1.82, 2.24) is 0 Å². The first-order chi connectivity index (χ1) is 8.18. The molecule has 0 saturated carbocycles. The Balaban J connectivity index is 0.00000324. The van der Waals surface area contributed by atoms with Crippen LogP contribution in [0.1, 0.15) is 20.8 Å². The predicted octanol–water partition coefficient (Wildman–Crippen LogP) is -0.0611. The van der Waals surface area contributed by atoms with Gasteiger partial charge in [0.05, 0.1) is 12.2 Å². The van der Waals surface area contributed by atoms with Crippen LogP contribution in [0.4, 0.5) is 12.9 Å². The van der Waals surface area contributed by atoms with Crippen LogP contribution in [0.2, 0.25) is 0 Å². The molecule has 1 rings (SSSR count). The molecule has 0 fully saturated rings. The van der Waals surface area contributed by atoms with Gasteiger partial charge < -0.3 is 22.4 Å². The molecule has 2 nitrogen and oxygen atoms in total. The van der Waals surface area contributed by atoms with Crippen LogP contribution < -0.4 is 61.6 Å². The molecule has 19 heavy (non-hydrogen) atoms. The second kappa shape index (κ2) is 8.05. The normalized spacial score (nSPS) is 11.9. The van der Waals surface area contributed by atoms with Gasteiger partial charge in [-0.25, -0.2) is 0 Å². The van der Waals surface area contributed by atoms with Gasteiger partial charge in [0, 0.05) is 0 Å². The van der Waals surface area contributed by atoms with Crippen molar-refractivity contribution in [2.45, 2.75) is 26.4 Å². The molecule has 102 valence electrons. The Morgan fingerprint density at radius 3 is 1.95 bits per heavy atom. The van der Waals surface area contributed by atoms with Crippen molar-refractivity contribution in [3.63, 3.8) is 0 Å². The third kappa shape index (κ3) is 8.37. The van der Waals surface area contributed by atoms with Gasteiger partial charge in [0.25, 0.3) is 0 Å². The Bertz CT molecular complexity index is 374. The first-order valence-electron chi connectivity index (χ1n) is 5.75. The summed E-state index contributed by atoms with van der Waals surface area (Å²) in [5.74, 6) is 0.413. The first-order valence-corrected chi connectivity index (χ1v) is 5.75. The molecule has 0 saturated heterocycles. The van der Waals surface area contributed by atoms with Crippen LogP contribution >= 0.6 is 0 Å².